The van der Waals surface area contributed by atoms with Gasteiger partial charge in [-0.25, -0.2) is 8.42 Å². The summed E-state index contributed by atoms with van der Waals surface area (Å²) in [5.41, 5.74) is 3.62. The largest absolute Gasteiger partial charge is 0.352 e. The van der Waals surface area contributed by atoms with Crippen molar-refractivity contribution in [2.24, 2.45) is 0 Å². The lowest BCUT2D eigenvalue weighted by Crippen LogP contribution is -2.54. The smallest absolute Gasteiger partial charge is 0.264 e. The summed E-state index contributed by atoms with van der Waals surface area (Å²) in [7, 11) is -4.18. The molecule has 4 aromatic carbocycles. The molecule has 0 fully saturated rings. The maximum absolute atomic E-state index is 14.7. The molecule has 0 spiro atoms. The van der Waals surface area contributed by atoms with E-state index in [1.165, 1.54) is 9.21 Å². The average Bonchev–Trinajstić information content (AvgIpc) is 3.06. The predicted molar refractivity (Wildman–Crippen MR) is 185 cm³/mol. The molecule has 0 aliphatic heterocycles. The molecular formula is C37H42ClN3O4S. The molecule has 7 nitrogen and oxygen atoms in total. The molecule has 0 unspecified atom stereocenters. The summed E-state index contributed by atoms with van der Waals surface area (Å²) in [6.45, 7) is 7.21. The third-order valence-electron chi connectivity index (χ3n) is 8.10. The van der Waals surface area contributed by atoms with Gasteiger partial charge in [-0.2, -0.15) is 0 Å². The number of hydrogen-bond acceptors (Lipinski definition) is 4. The van der Waals surface area contributed by atoms with Crippen molar-refractivity contribution in [2.75, 3.05) is 10.8 Å². The van der Waals surface area contributed by atoms with E-state index in [1.807, 2.05) is 82.3 Å². The van der Waals surface area contributed by atoms with Gasteiger partial charge in [-0.3, -0.25) is 13.9 Å². The minimum absolute atomic E-state index is 0.0117. The molecule has 0 bridgehead atoms. The molecule has 0 radical (unpaired) electrons. The Bertz CT molecular complexity index is 1730. The minimum atomic E-state index is -4.18. The van der Waals surface area contributed by atoms with Crippen LogP contribution in [0.2, 0.25) is 5.02 Å². The molecule has 2 atom stereocenters. The van der Waals surface area contributed by atoms with Crippen molar-refractivity contribution >= 4 is 39.1 Å². The standard InChI is InChI=1S/C37H42ClN3O4S/c1-5-28(4)39-37(43)35(24-29-14-8-7-9-15-29)40(25-31-17-10-12-18-33(31)38)36(42)26-41(34-19-13-11-16-30(34)6-2)46(44,45)32-22-20-27(3)21-23-32/h7-23,28,35H,5-6,24-26H2,1-4H3,(H,39,43)/t28-,35+/m0/s1. The summed E-state index contributed by atoms with van der Waals surface area (Å²) in [5.74, 6) is -0.845. The first-order valence-corrected chi connectivity index (χ1v) is 17.4. The summed E-state index contributed by atoms with van der Waals surface area (Å²) in [4.78, 5) is 30.2. The first-order chi connectivity index (χ1) is 22.0. The van der Waals surface area contributed by atoms with E-state index in [4.69, 9.17) is 11.6 Å². The monoisotopic (exact) mass is 659 g/mol. The quantitative estimate of drug-likeness (QED) is 0.159. The summed E-state index contributed by atoms with van der Waals surface area (Å²) >= 11 is 6.59. The molecule has 46 heavy (non-hydrogen) atoms. The first-order valence-electron chi connectivity index (χ1n) is 15.6. The molecule has 0 saturated carbocycles. The normalized spacial score (nSPS) is 12.6. The number of carbonyl (C=O) groups excluding carboxylic acids is 2. The minimum Gasteiger partial charge on any atom is -0.352 e. The number of carbonyl (C=O) groups is 2. The number of amides is 2. The Balaban J connectivity index is 1.84. The molecule has 0 aliphatic carbocycles. The van der Waals surface area contributed by atoms with Crippen LogP contribution >= 0.6 is 11.6 Å². The van der Waals surface area contributed by atoms with Crippen LogP contribution in [0.5, 0.6) is 0 Å². The third kappa shape index (κ3) is 8.56. The molecule has 1 N–H and O–H groups in total. The first kappa shape index (κ1) is 34.7. The van der Waals surface area contributed by atoms with Crippen LogP contribution in [0.3, 0.4) is 0 Å². The van der Waals surface area contributed by atoms with Gasteiger partial charge in [0.25, 0.3) is 10.0 Å². The zero-order valence-corrected chi connectivity index (χ0v) is 28.4. The number of nitrogens with one attached hydrogen (secondary N) is 1. The third-order valence-corrected chi connectivity index (χ3v) is 10.2. The summed E-state index contributed by atoms with van der Waals surface area (Å²) < 4.78 is 29.8. The number of para-hydroxylation sites is 1. The molecule has 4 aromatic rings. The number of anilines is 1. The maximum atomic E-state index is 14.7. The fourth-order valence-electron chi connectivity index (χ4n) is 5.21. The van der Waals surface area contributed by atoms with E-state index in [2.05, 4.69) is 5.32 Å². The maximum Gasteiger partial charge on any atom is 0.264 e. The lowest BCUT2D eigenvalue weighted by Gasteiger charge is -2.35. The van der Waals surface area contributed by atoms with Gasteiger partial charge >= 0.3 is 0 Å². The predicted octanol–water partition coefficient (Wildman–Crippen LogP) is 6.96. The number of rotatable bonds is 14. The summed E-state index contributed by atoms with van der Waals surface area (Å²) in [5, 5.41) is 3.50. The highest BCUT2D eigenvalue weighted by Gasteiger charge is 2.35. The Morgan fingerprint density at radius 3 is 2.07 bits per heavy atom. The van der Waals surface area contributed by atoms with E-state index in [1.54, 1.807) is 48.5 Å². The second-order valence-electron chi connectivity index (χ2n) is 11.4. The van der Waals surface area contributed by atoms with Gasteiger partial charge < -0.3 is 10.2 Å². The van der Waals surface area contributed by atoms with Crippen LogP contribution in [0.4, 0.5) is 5.69 Å². The van der Waals surface area contributed by atoms with E-state index in [9.17, 15) is 18.0 Å². The number of halogens is 1. The molecule has 242 valence electrons. The van der Waals surface area contributed by atoms with Gasteiger partial charge in [0.2, 0.25) is 11.8 Å². The Hall–Kier alpha value is -4.14. The fraction of sp³-hybridized carbons (Fsp3) is 0.297. The van der Waals surface area contributed by atoms with Crippen LogP contribution in [0.25, 0.3) is 0 Å². The highest BCUT2D eigenvalue weighted by Crippen LogP contribution is 2.29. The number of hydrogen-bond donors (Lipinski definition) is 1. The van der Waals surface area contributed by atoms with Crippen molar-refractivity contribution in [3.8, 4) is 0 Å². The number of benzene rings is 4. The molecule has 9 heteroatoms. The van der Waals surface area contributed by atoms with Crippen molar-refractivity contribution in [1.82, 2.24) is 10.2 Å². The summed E-state index contributed by atoms with van der Waals surface area (Å²) in [6, 6.07) is 29.3. The van der Waals surface area contributed by atoms with Crippen molar-refractivity contribution in [3.63, 3.8) is 0 Å². The van der Waals surface area contributed by atoms with E-state index in [-0.39, 0.29) is 29.8 Å². The number of aryl methyl sites for hydroxylation is 2. The van der Waals surface area contributed by atoms with E-state index in [0.29, 0.717) is 29.1 Å². The van der Waals surface area contributed by atoms with Crippen LogP contribution < -0.4 is 9.62 Å². The van der Waals surface area contributed by atoms with E-state index < -0.39 is 28.5 Å². The van der Waals surface area contributed by atoms with Gasteiger partial charge in [0.1, 0.15) is 12.6 Å². The second-order valence-corrected chi connectivity index (χ2v) is 13.7. The second kappa shape index (κ2) is 15.9. The van der Waals surface area contributed by atoms with E-state index in [0.717, 1.165) is 16.7 Å². The summed E-state index contributed by atoms with van der Waals surface area (Å²) in [6.07, 6.45) is 1.50. The van der Waals surface area contributed by atoms with Crippen LogP contribution in [0.15, 0.2) is 108 Å². The van der Waals surface area contributed by atoms with Gasteiger partial charge in [0.15, 0.2) is 0 Å². The molecule has 0 heterocycles. The Labute approximate surface area is 278 Å². The van der Waals surface area contributed by atoms with Gasteiger partial charge in [-0.05, 0) is 67.6 Å². The van der Waals surface area contributed by atoms with Crippen LogP contribution in [0, 0.1) is 6.92 Å². The van der Waals surface area contributed by atoms with Crippen LogP contribution in [-0.4, -0.2) is 43.8 Å². The Kier molecular flexibility index (Phi) is 12.0. The SMILES string of the molecule is CCc1ccccc1N(CC(=O)N(Cc1ccccc1Cl)[C@H](Cc1ccccc1)C(=O)N[C@@H](C)CC)S(=O)(=O)c1ccc(C)cc1. The van der Waals surface area contributed by atoms with Gasteiger partial charge in [0.05, 0.1) is 10.6 Å². The average molecular weight is 660 g/mol. The molecule has 4 rings (SSSR count). The van der Waals surface area contributed by atoms with Gasteiger partial charge in [0, 0.05) is 24.0 Å². The van der Waals surface area contributed by atoms with Crippen molar-refractivity contribution < 1.29 is 18.0 Å². The van der Waals surface area contributed by atoms with Crippen LogP contribution in [0.1, 0.15) is 49.4 Å². The highest BCUT2D eigenvalue weighted by molar-refractivity contribution is 7.92. The van der Waals surface area contributed by atoms with Crippen LogP contribution in [-0.2, 0) is 39.0 Å². The Morgan fingerprint density at radius 1 is 0.826 bits per heavy atom. The number of sulfonamides is 1. The lowest BCUT2D eigenvalue weighted by molar-refractivity contribution is -0.140. The van der Waals surface area contributed by atoms with Gasteiger partial charge in [-0.15, -0.1) is 0 Å². The van der Waals surface area contributed by atoms with Crippen molar-refractivity contribution in [2.45, 2.75) is 70.5 Å². The van der Waals surface area contributed by atoms with E-state index >= 15 is 0 Å². The Morgan fingerprint density at radius 2 is 1.43 bits per heavy atom. The number of nitrogens with zero attached hydrogens (tertiary/aromatic N) is 2. The zero-order valence-electron chi connectivity index (χ0n) is 26.8. The zero-order chi connectivity index (χ0) is 33.3. The topological polar surface area (TPSA) is 86.8 Å². The molecular weight excluding hydrogens is 618 g/mol. The molecule has 0 aromatic heterocycles. The molecule has 2 amide bonds. The van der Waals surface area contributed by atoms with Gasteiger partial charge in [-0.1, -0.05) is 110 Å². The highest BCUT2D eigenvalue weighted by atomic mass is 35.5. The lowest BCUT2D eigenvalue weighted by atomic mass is 10.0. The molecule has 0 saturated heterocycles. The molecule has 0 aliphatic rings. The van der Waals surface area contributed by atoms with Crippen molar-refractivity contribution in [3.05, 3.63) is 130 Å². The van der Waals surface area contributed by atoms with Crippen molar-refractivity contribution in [1.29, 1.82) is 0 Å². The fourth-order valence-corrected chi connectivity index (χ4v) is 6.86.